The molecule has 0 atom stereocenters. The Bertz CT molecular complexity index is 116. The number of hydrogen-bond acceptors (Lipinski definition) is 4. The van der Waals surface area contributed by atoms with E-state index in [1.165, 1.54) is 0 Å². The predicted octanol–water partition coefficient (Wildman–Crippen LogP) is -2.86. The van der Waals surface area contributed by atoms with Gasteiger partial charge in [0.05, 0.1) is 0 Å². The summed E-state index contributed by atoms with van der Waals surface area (Å²) < 4.78 is 33.9. The van der Waals surface area contributed by atoms with E-state index in [0.717, 1.165) is 0 Å². The van der Waals surface area contributed by atoms with Gasteiger partial charge in [0.25, 0.3) is 0 Å². The second kappa shape index (κ2) is 4.45. The largest absolute Gasteiger partial charge is 1.00 e. The Hall–Kier alpha value is 0.632. The Morgan fingerprint density at radius 3 is 1.89 bits per heavy atom. The van der Waals surface area contributed by atoms with Crippen molar-refractivity contribution in [2.75, 3.05) is 0 Å². The van der Waals surface area contributed by atoms with Crippen molar-refractivity contribution in [3.63, 3.8) is 0 Å². The van der Waals surface area contributed by atoms with Crippen LogP contribution in [0.3, 0.4) is 0 Å². The van der Waals surface area contributed by atoms with Gasteiger partial charge in [-0.25, -0.2) is 4.57 Å². The zero-order chi connectivity index (χ0) is 6.78. The van der Waals surface area contributed by atoms with Crippen LogP contribution in [0.25, 0.3) is 0 Å². The van der Waals surface area contributed by atoms with Crippen molar-refractivity contribution in [2.45, 2.75) is 0 Å². The van der Waals surface area contributed by atoms with Gasteiger partial charge in [0, 0.05) is 0 Å². The molecule has 50 valence electrons. The second-order valence-electron chi connectivity index (χ2n) is 0.846. The summed E-state index contributed by atoms with van der Waals surface area (Å²) >= 11 is 0. The van der Waals surface area contributed by atoms with Gasteiger partial charge in [-0.05, 0) is 0 Å². The zero-order valence-corrected chi connectivity index (χ0v) is 5.39. The van der Waals surface area contributed by atoms with Gasteiger partial charge in [0.1, 0.15) is 0 Å². The molecule has 2 N–H and O–H groups in total. The third-order valence-electron chi connectivity index (χ3n) is 0.217. The number of halogens is 2. The Balaban J connectivity index is -0.000000245. The van der Waals surface area contributed by atoms with E-state index in [0.29, 0.717) is 0 Å². The van der Waals surface area contributed by atoms with Crippen LogP contribution in [0.1, 0.15) is 1.43 Å². The van der Waals surface area contributed by atoms with Crippen molar-refractivity contribution < 1.29 is 47.7 Å². The number of rotatable bonds is 2. The summed E-state index contributed by atoms with van der Waals surface area (Å²) in [7, 11) is -8.39. The normalized spacial score (nSPS) is 10.2. The minimum atomic E-state index is -5.72. The van der Waals surface area contributed by atoms with Gasteiger partial charge in [-0.1, -0.05) is 0 Å². The van der Waals surface area contributed by atoms with Crippen molar-refractivity contribution >= 4 is 15.3 Å². The molecule has 0 fully saturated rings. The summed E-state index contributed by atoms with van der Waals surface area (Å²) in [5, 5.41) is 15.1. The predicted molar refractivity (Wildman–Crippen MR) is 22.2 cm³/mol. The third-order valence-corrected chi connectivity index (χ3v) is 0.651. The molecule has 0 saturated heterocycles. The molecule has 0 rings (SSSR count). The van der Waals surface area contributed by atoms with E-state index in [1.54, 1.807) is 0 Å². The average Bonchev–Trinajstić information content (AvgIpc) is 1.21. The molecule has 0 saturated carbocycles. The van der Waals surface area contributed by atoms with Crippen molar-refractivity contribution in [3.05, 3.63) is 0 Å². The summed E-state index contributed by atoms with van der Waals surface area (Å²) in [5.74, 6) is 0. The Morgan fingerprint density at radius 1 is 1.56 bits per heavy atom. The van der Waals surface area contributed by atoms with E-state index in [9.17, 15) is 8.39 Å². The van der Waals surface area contributed by atoms with Crippen LogP contribution in [-0.4, -0.2) is 17.4 Å². The molecule has 0 unspecified atom stereocenters. The molecule has 0 radical (unpaired) electrons. The van der Waals surface area contributed by atoms with E-state index < -0.39 is 15.3 Å². The van der Waals surface area contributed by atoms with Crippen molar-refractivity contribution in [3.8, 4) is 0 Å². The van der Waals surface area contributed by atoms with Crippen molar-refractivity contribution in [1.29, 1.82) is 0 Å². The monoisotopic (exact) mass is 154 g/mol. The van der Waals surface area contributed by atoms with Crippen LogP contribution < -0.4 is 18.9 Å². The topological polar surface area (TPSA) is 66.8 Å². The Labute approximate surface area is 63.7 Å². The first-order chi connectivity index (χ1) is 3.42. The fourth-order valence-electron chi connectivity index (χ4n) is 0.110. The minimum absolute atomic E-state index is 0. The van der Waals surface area contributed by atoms with Crippen LogP contribution in [0.4, 0.5) is 8.39 Å². The molecule has 0 heterocycles. The first-order valence-corrected chi connectivity index (χ1v) is 2.86. The maximum Gasteiger partial charge on any atom is 1.00 e. The van der Waals surface area contributed by atoms with E-state index in [4.69, 9.17) is 14.6 Å². The maximum absolute atomic E-state index is 11.0. The van der Waals surface area contributed by atoms with E-state index >= 15 is 0 Å². The fraction of sp³-hybridized carbons (Fsp3) is 0. The van der Waals surface area contributed by atoms with E-state index in [-0.39, 0.29) is 20.3 Å². The molecule has 0 aliphatic heterocycles. The summed E-state index contributed by atoms with van der Waals surface area (Å²) in [6.07, 6.45) is 0. The molecule has 0 aliphatic carbocycles. The zero-order valence-electron chi connectivity index (χ0n) is 5.49. The van der Waals surface area contributed by atoms with Gasteiger partial charge < -0.3 is 11.5 Å². The molecular weight excluding hydrogens is 151 g/mol. The van der Waals surface area contributed by atoms with Crippen LogP contribution in [0.15, 0.2) is 0 Å². The average molecular weight is 154 g/mol. The van der Waals surface area contributed by atoms with Crippen LogP contribution in [0.2, 0.25) is 0 Å². The van der Waals surface area contributed by atoms with Gasteiger partial charge >= 0.3 is 34.2 Å². The molecule has 0 aromatic carbocycles. The Kier molecular flexibility index (Phi) is 6.09. The van der Waals surface area contributed by atoms with E-state index in [2.05, 4.69) is 4.44 Å². The van der Waals surface area contributed by atoms with Crippen LogP contribution >= 0.6 is 7.99 Å². The molecule has 0 aromatic heterocycles. The summed E-state index contributed by atoms with van der Waals surface area (Å²) in [6, 6.07) is 0. The molecule has 0 spiro atoms. The molecule has 4 nitrogen and oxygen atoms in total. The third kappa shape index (κ3) is 12.0. The molecule has 0 amide bonds. The summed E-state index contributed by atoms with van der Waals surface area (Å²) in [5.41, 5.74) is 0. The van der Waals surface area contributed by atoms with Gasteiger partial charge in [-0.15, -0.1) is 8.39 Å². The number of hydrogen-bond donors (Lipinski definition) is 2. The van der Waals surface area contributed by atoms with Gasteiger partial charge in [-0.2, -0.15) is 0 Å². The van der Waals surface area contributed by atoms with Crippen molar-refractivity contribution in [1.82, 2.24) is 0 Å². The molecule has 0 bridgehead atoms. The fourth-order valence-corrected chi connectivity index (χ4v) is 0.329. The standard InChI is InChI=1S/BF2H2O4P.Li.H/c2-8(3,6)7-1(4)5;;/h4-5H;;/q;+1;-1. The molecule has 9 heavy (non-hydrogen) atoms. The maximum atomic E-state index is 11.0. The first-order valence-electron chi connectivity index (χ1n) is 1.46. The van der Waals surface area contributed by atoms with E-state index in [1.807, 2.05) is 0 Å². The minimum Gasteiger partial charge on any atom is -1.00 e. The smallest absolute Gasteiger partial charge is 1.00 e. The quantitative estimate of drug-likeness (QED) is 0.331. The molecule has 9 heteroatoms. The SMILES string of the molecule is O=P(F)(F)OB(O)O.[H-].[Li+]. The van der Waals surface area contributed by atoms with Crippen molar-refractivity contribution in [2.24, 2.45) is 0 Å². The molecule has 0 aliphatic rings. The first kappa shape index (κ1) is 12.3. The summed E-state index contributed by atoms with van der Waals surface area (Å²) in [4.78, 5) is 0. The molecule has 0 aromatic rings. The molecular formula is H3BF2LiO4P. The Morgan fingerprint density at radius 2 is 1.89 bits per heavy atom. The van der Waals surface area contributed by atoms with Crippen LogP contribution in [0.5, 0.6) is 0 Å². The van der Waals surface area contributed by atoms with Gasteiger partial charge in [-0.3, -0.25) is 4.44 Å². The van der Waals surface area contributed by atoms with Gasteiger partial charge in [0.2, 0.25) is 0 Å². The second-order valence-corrected chi connectivity index (χ2v) is 1.89. The van der Waals surface area contributed by atoms with Crippen LogP contribution in [0, 0.1) is 0 Å². The van der Waals surface area contributed by atoms with Gasteiger partial charge in [0.15, 0.2) is 0 Å². The summed E-state index contributed by atoms with van der Waals surface area (Å²) in [6.45, 7) is 0. The van der Waals surface area contributed by atoms with Crippen LogP contribution in [-0.2, 0) is 9.01 Å².